The molecule has 1 saturated heterocycles. The van der Waals surface area contributed by atoms with Gasteiger partial charge in [-0.3, -0.25) is 14.5 Å². The number of piperidine rings is 1. The second-order valence-corrected chi connectivity index (χ2v) is 6.60. The first kappa shape index (κ1) is 15.1. The van der Waals surface area contributed by atoms with E-state index in [4.69, 9.17) is 0 Å². The van der Waals surface area contributed by atoms with E-state index in [1.54, 1.807) is 12.4 Å². The predicted octanol–water partition coefficient (Wildman–Crippen LogP) is 2.32. The van der Waals surface area contributed by atoms with Gasteiger partial charge in [-0.15, -0.1) is 11.3 Å². The van der Waals surface area contributed by atoms with Crippen LogP contribution in [0.15, 0.2) is 34.7 Å². The molecule has 0 bridgehead atoms. The molecule has 3 rings (SSSR count). The number of hydrogen-bond acceptors (Lipinski definition) is 5. The highest BCUT2D eigenvalue weighted by molar-refractivity contribution is 7.11. The third-order valence-electron chi connectivity index (χ3n) is 4.15. The molecule has 0 aliphatic carbocycles. The number of H-pyrrole nitrogens is 1. The SMILES string of the molecule is O=C(CC1CCN(Cc2ccc[nH]c2=O)CC1)c1nccs1. The standard InChI is InChI=1S/C16H19N3O2S/c20-14(16-18-6-9-22-16)10-12-3-7-19(8-4-12)11-13-2-1-5-17-15(13)21/h1-2,5-6,9,12H,3-4,7-8,10-11H2,(H,17,21). The Morgan fingerprint density at radius 1 is 1.41 bits per heavy atom. The Kier molecular flexibility index (Phi) is 4.80. The quantitative estimate of drug-likeness (QED) is 0.860. The van der Waals surface area contributed by atoms with E-state index in [-0.39, 0.29) is 11.3 Å². The number of nitrogens with zero attached hydrogens (tertiary/aromatic N) is 2. The van der Waals surface area contributed by atoms with Crippen molar-refractivity contribution in [3.8, 4) is 0 Å². The third kappa shape index (κ3) is 3.69. The molecule has 2 aromatic rings. The van der Waals surface area contributed by atoms with Crippen LogP contribution in [0.3, 0.4) is 0 Å². The van der Waals surface area contributed by atoms with E-state index in [1.165, 1.54) is 11.3 Å². The van der Waals surface area contributed by atoms with Crippen LogP contribution in [0.1, 0.15) is 34.6 Å². The van der Waals surface area contributed by atoms with Gasteiger partial charge in [0.1, 0.15) is 0 Å². The molecule has 1 fully saturated rings. The number of carbonyl (C=O) groups is 1. The summed E-state index contributed by atoms with van der Waals surface area (Å²) in [5.41, 5.74) is 0.795. The zero-order valence-electron chi connectivity index (χ0n) is 12.3. The van der Waals surface area contributed by atoms with Gasteiger partial charge < -0.3 is 4.98 Å². The Labute approximate surface area is 133 Å². The van der Waals surface area contributed by atoms with Crippen LogP contribution >= 0.6 is 11.3 Å². The zero-order valence-corrected chi connectivity index (χ0v) is 13.1. The van der Waals surface area contributed by atoms with Gasteiger partial charge in [0.15, 0.2) is 10.8 Å². The second kappa shape index (κ2) is 6.98. The summed E-state index contributed by atoms with van der Waals surface area (Å²) in [5, 5.41) is 2.46. The molecule has 1 aliphatic heterocycles. The molecule has 3 heterocycles. The van der Waals surface area contributed by atoms with Gasteiger partial charge in [-0.25, -0.2) is 4.98 Å². The molecule has 0 amide bonds. The van der Waals surface area contributed by atoms with E-state index >= 15 is 0 Å². The van der Waals surface area contributed by atoms with Crippen LogP contribution in [-0.4, -0.2) is 33.7 Å². The fourth-order valence-corrected chi connectivity index (χ4v) is 3.47. The number of likely N-dealkylation sites (tertiary alicyclic amines) is 1. The Balaban J connectivity index is 1.49. The monoisotopic (exact) mass is 317 g/mol. The Morgan fingerprint density at radius 3 is 2.91 bits per heavy atom. The van der Waals surface area contributed by atoms with Gasteiger partial charge in [0.05, 0.1) is 0 Å². The van der Waals surface area contributed by atoms with Crippen molar-refractivity contribution in [3.05, 3.63) is 50.8 Å². The summed E-state index contributed by atoms with van der Waals surface area (Å²) in [5.74, 6) is 0.592. The van der Waals surface area contributed by atoms with E-state index in [9.17, 15) is 9.59 Å². The van der Waals surface area contributed by atoms with Crippen molar-refractivity contribution < 1.29 is 4.79 Å². The van der Waals surface area contributed by atoms with Gasteiger partial charge in [-0.1, -0.05) is 6.07 Å². The highest BCUT2D eigenvalue weighted by Gasteiger charge is 2.23. The number of carbonyl (C=O) groups excluding carboxylic acids is 1. The number of Topliss-reactive ketones (excluding diaryl/α,β-unsaturated/α-hetero) is 1. The number of pyridine rings is 1. The van der Waals surface area contributed by atoms with E-state index in [1.807, 2.05) is 17.5 Å². The molecular weight excluding hydrogens is 298 g/mol. The predicted molar refractivity (Wildman–Crippen MR) is 86.1 cm³/mol. The van der Waals surface area contributed by atoms with Crippen molar-refractivity contribution in [2.75, 3.05) is 13.1 Å². The molecular formula is C16H19N3O2S. The maximum Gasteiger partial charge on any atom is 0.252 e. The van der Waals surface area contributed by atoms with Gasteiger partial charge in [0.25, 0.3) is 5.56 Å². The lowest BCUT2D eigenvalue weighted by atomic mass is 9.91. The Hall–Kier alpha value is -1.79. The molecule has 0 saturated carbocycles. The van der Waals surface area contributed by atoms with Crippen molar-refractivity contribution in [1.29, 1.82) is 0 Å². The highest BCUT2D eigenvalue weighted by Crippen LogP contribution is 2.23. The molecule has 1 aliphatic rings. The summed E-state index contributed by atoms with van der Waals surface area (Å²) in [6, 6.07) is 3.73. The topological polar surface area (TPSA) is 66.1 Å². The second-order valence-electron chi connectivity index (χ2n) is 5.71. The molecule has 116 valence electrons. The van der Waals surface area contributed by atoms with Crippen LogP contribution in [0.4, 0.5) is 0 Å². The molecule has 0 spiro atoms. The van der Waals surface area contributed by atoms with Crippen LogP contribution < -0.4 is 5.56 Å². The minimum Gasteiger partial charge on any atom is -0.329 e. The smallest absolute Gasteiger partial charge is 0.252 e. The van der Waals surface area contributed by atoms with Crippen LogP contribution in [0, 0.1) is 5.92 Å². The lowest BCUT2D eigenvalue weighted by molar-refractivity contribution is 0.0924. The maximum absolute atomic E-state index is 12.1. The summed E-state index contributed by atoms with van der Waals surface area (Å²) >= 11 is 1.41. The van der Waals surface area contributed by atoms with Crippen LogP contribution in [0.5, 0.6) is 0 Å². The summed E-state index contributed by atoms with van der Waals surface area (Å²) < 4.78 is 0. The number of ketones is 1. The lowest BCUT2D eigenvalue weighted by Gasteiger charge is -2.31. The minimum absolute atomic E-state index is 0.0106. The minimum atomic E-state index is -0.0106. The van der Waals surface area contributed by atoms with Gasteiger partial charge in [0, 0.05) is 36.3 Å². The van der Waals surface area contributed by atoms with Crippen LogP contribution in [0.2, 0.25) is 0 Å². The summed E-state index contributed by atoms with van der Waals surface area (Å²) in [6.07, 6.45) is 5.93. The average molecular weight is 317 g/mol. The molecule has 2 aromatic heterocycles. The first-order valence-corrected chi connectivity index (χ1v) is 8.42. The number of thiazole rings is 1. The fraction of sp³-hybridized carbons (Fsp3) is 0.438. The molecule has 0 radical (unpaired) electrons. The van der Waals surface area contributed by atoms with Gasteiger partial charge >= 0.3 is 0 Å². The van der Waals surface area contributed by atoms with Crippen LogP contribution in [0.25, 0.3) is 0 Å². The Bertz CT molecular complexity index is 673. The molecule has 0 aromatic carbocycles. The first-order valence-electron chi connectivity index (χ1n) is 7.54. The van der Waals surface area contributed by atoms with Crippen molar-refractivity contribution >= 4 is 17.1 Å². The molecule has 22 heavy (non-hydrogen) atoms. The molecule has 0 atom stereocenters. The van der Waals surface area contributed by atoms with E-state index in [0.717, 1.165) is 31.5 Å². The number of hydrogen-bond donors (Lipinski definition) is 1. The molecule has 5 nitrogen and oxygen atoms in total. The molecule has 1 N–H and O–H groups in total. The summed E-state index contributed by atoms with van der Waals surface area (Å²) in [4.78, 5) is 32.9. The van der Waals surface area contributed by atoms with Crippen molar-refractivity contribution in [2.24, 2.45) is 5.92 Å². The lowest BCUT2D eigenvalue weighted by Crippen LogP contribution is -2.35. The van der Waals surface area contributed by atoms with Gasteiger partial charge in [-0.05, 0) is 37.9 Å². The number of aromatic nitrogens is 2. The zero-order chi connectivity index (χ0) is 15.4. The summed E-state index contributed by atoms with van der Waals surface area (Å²) in [7, 11) is 0. The van der Waals surface area contributed by atoms with E-state index in [2.05, 4.69) is 14.9 Å². The molecule has 6 heteroatoms. The first-order chi connectivity index (χ1) is 10.7. The van der Waals surface area contributed by atoms with E-state index in [0.29, 0.717) is 23.9 Å². The third-order valence-corrected chi connectivity index (χ3v) is 4.96. The van der Waals surface area contributed by atoms with Crippen molar-refractivity contribution in [3.63, 3.8) is 0 Å². The number of rotatable bonds is 5. The fourth-order valence-electron chi connectivity index (χ4n) is 2.88. The highest BCUT2D eigenvalue weighted by atomic mass is 32.1. The maximum atomic E-state index is 12.1. The van der Waals surface area contributed by atoms with Crippen molar-refractivity contribution in [2.45, 2.75) is 25.8 Å². The van der Waals surface area contributed by atoms with Gasteiger partial charge in [0.2, 0.25) is 0 Å². The summed E-state index contributed by atoms with van der Waals surface area (Å²) in [6.45, 7) is 2.55. The van der Waals surface area contributed by atoms with E-state index < -0.39 is 0 Å². The average Bonchev–Trinajstić information content (AvgIpc) is 3.06. The largest absolute Gasteiger partial charge is 0.329 e. The van der Waals surface area contributed by atoms with Gasteiger partial charge in [-0.2, -0.15) is 0 Å². The normalized spacial score (nSPS) is 16.7. The number of nitrogens with one attached hydrogen (secondary N) is 1. The van der Waals surface area contributed by atoms with Crippen LogP contribution in [-0.2, 0) is 6.54 Å². The molecule has 0 unspecified atom stereocenters. The number of aromatic amines is 1. The van der Waals surface area contributed by atoms with Crippen molar-refractivity contribution in [1.82, 2.24) is 14.9 Å². The Morgan fingerprint density at radius 2 is 2.23 bits per heavy atom.